The molecule has 3 nitrogen and oxygen atoms in total. The monoisotopic (exact) mass is 142 g/mol. The zero-order chi connectivity index (χ0) is 7.40. The molecule has 1 atom stereocenters. The third kappa shape index (κ3) is 1.83. The SMILES string of the molecule is O=CC1CCOC(=O)CC1. The van der Waals surface area contributed by atoms with Crippen LogP contribution < -0.4 is 0 Å². The smallest absolute Gasteiger partial charge is 0.305 e. The van der Waals surface area contributed by atoms with Crippen LogP contribution in [0, 0.1) is 5.92 Å². The van der Waals surface area contributed by atoms with Crippen molar-refractivity contribution in [3.63, 3.8) is 0 Å². The van der Waals surface area contributed by atoms with Crippen LogP contribution in [0.5, 0.6) is 0 Å². The maximum Gasteiger partial charge on any atom is 0.305 e. The van der Waals surface area contributed by atoms with E-state index in [2.05, 4.69) is 0 Å². The van der Waals surface area contributed by atoms with E-state index in [0.717, 1.165) is 6.29 Å². The lowest BCUT2D eigenvalue weighted by atomic mass is 10.0. The first-order chi connectivity index (χ1) is 4.83. The minimum Gasteiger partial charge on any atom is -0.466 e. The lowest BCUT2D eigenvalue weighted by Crippen LogP contribution is -2.01. The van der Waals surface area contributed by atoms with Crippen molar-refractivity contribution < 1.29 is 14.3 Å². The average molecular weight is 142 g/mol. The van der Waals surface area contributed by atoms with Crippen molar-refractivity contribution in [2.24, 2.45) is 5.92 Å². The van der Waals surface area contributed by atoms with E-state index in [1.54, 1.807) is 0 Å². The number of ether oxygens (including phenoxy) is 1. The average Bonchev–Trinajstić information content (AvgIpc) is 2.14. The van der Waals surface area contributed by atoms with Gasteiger partial charge in [-0.05, 0) is 12.8 Å². The van der Waals surface area contributed by atoms with Crippen molar-refractivity contribution in [2.45, 2.75) is 19.3 Å². The molecule has 1 rings (SSSR count). The zero-order valence-electron chi connectivity index (χ0n) is 5.71. The molecule has 1 unspecified atom stereocenters. The molecule has 1 aliphatic heterocycles. The molecule has 0 aliphatic carbocycles. The topological polar surface area (TPSA) is 43.4 Å². The maximum atomic E-state index is 10.6. The van der Waals surface area contributed by atoms with Gasteiger partial charge in [0.15, 0.2) is 0 Å². The van der Waals surface area contributed by atoms with E-state index in [1.165, 1.54) is 0 Å². The summed E-state index contributed by atoms with van der Waals surface area (Å²) in [5.41, 5.74) is 0. The van der Waals surface area contributed by atoms with Crippen molar-refractivity contribution in [3.8, 4) is 0 Å². The maximum absolute atomic E-state index is 10.6. The summed E-state index contributed by atoms with van der Waals surface area (Å²) in [5, 5.41) is 0. The zero-order valence-corrected chi connectivity index (χ0v) is 5.71. The van der Waals surface area contributed by atoms with Gasteiger partial charge < -0.3 is 9.53 Å². The molecule has 1 aliphatic rings. The van der Waals surface area contributed by atoms with Gasteiger partial charge in [0.25, 0.3) is 0 Å². The summed E-state index contributed by atoms with van der Waals surface area (Å²) in [6.45, 7) is 0.405. The van der Waals surface area contributed by atoms with Crippen molar-refractivity contribution >= 4 is 12.3 Å². The Kier molecular flexibility index (Phi) is 2.42. The number of carbonyl (C=O) groups excluding carboxylic acids is 2. The molecule has 0 aromatic carbocycles. The fourth-order valence-electron chi connectivity index (χ4n) is 0.980. The van der Waals surface area contributed by atoms with Crippen LogP contribution in [-0.2, 0) is 14.3 Å². The predicted molar refractivity (Wildman–Crippen MR) is 34.4 cm³/mol. The Morgan fingerprint density at radius 3 is 3.00 bits per heavy atom. The highest BCUT2D eigenvalue weighted by Crippen LogP contribution is 2.13. The Hall–Kier alpha value is -0.860. The lowest BCUT2D eigenvalue weighted by Gasteiger charge is -1.99. The fourth-order valence-corrected chi connectivity index (χ4v) is 0.980. The van der Waals surface area contributed by atoms with Crippen LogP contribution >= 0.6 is 0 Å². The minimum atomic E-state index is -0.177. The second-order valence-corrected chi connectivity index (χ2v) is 2.44. The molecular weight excluding hydrogens is 132 g/mol. The molecule has 1 fully saturated rings. The lowest BCUT2D eigenvalue weighted by molar-refractivity contribution is -0.142. The summed E-state index contributed by atoms with van der Waals surface area (Å²) < 4.78 is 4.74. The van der Waals surface area contributed by atoms with E-state index in [0.29, 0.717) is 25.9 Å². The molecule has 0 saturated carbocycles. The Morgan fingerprint density at radius 2 is 2.30 bits per heavy atom. The van der Waals surface area contributed by atoms with Gasteiger partial charge in [-0.1, -0.05) is 0 Å². The quantitative estimate of drug-likeness (QED) is 0.396. The van der Waals surface area contributed by atoms with Crippen LogP contribution in [0.1, 0.15) is 19.3 Å². The van der Waals surface area contributed by atoms with E-state index in [1.807, 2.05) is 0 Å². The first-order valence-electron chi connectivity index (χ1n) is 3.44. The van der Waals surface area contributed by atoms with E-state index in [4.69, 9.17) is 4.74 Å². The largest absolute Gasteiger partial charge is 0.466 e. The van der Waals surface area contributed by atoms with Crippen molar-refractivity contribution in [1.29, 1.82) is 0 Å². The highest BCUT2D eigenvalue weighted by Gasteiger charge is 2.15. The van der Waals surface area contributed by atoms with Crippen molar-refractivity contribution in [2.75, 3.05) is 6.61 Å². The first kappa shape index (κ1) is 7.25. The van der Waals surface area contributed by atoms with E-state index in [-0.39, 0.29) is 11.9 Å². The van der Waals surface area contributed by atoms with Gasteiger partial charge in [0.2, 0.25) is 0 Å². The second-order valence-electron chi connectivity index (χ2n) is 2.44. The van der Waals surface area contributed by atoms with Gasteiger partial charge >= 0.3 is 5.97 Å². The van der Waals surface area contributed by atoms with Crippen molar-refractivity contribution in [1.82, 2.24) is 0 Å². The van der Waals surface area contributed by atoms with Crippen LogP contribution in [0.15, 0.2) is 0 Å². The van der Waals surface area contributed by atoms with Crippen LogP contribution in [-0.4, -0.2) is 18.9 Å². The molecule has 0 aromatic rings. The van der Waals surface area contributed by atoms with Gasteiger partial charge in [-0.15, -0.1) is 0 Å². The normalized spacial score (nSPS) is 26.8. The molecule has 1 heterocycles. The summed E-state index contributed by atoms with van der Waals surface area (Å²) >= 11 is 0. The third-order valence-electron chi connectivity index (χ3n) is 1.66. The number of rotatable bonds is 1. The van der Waals surface area contributed by atoms with Gasteiger partial charge in [0.1, 0.15) is 6.29 Å². The standard InChI is InChI=1S/C7H10O3/c8-5-6-1-2-7(9)10-4-3-6/h5-6H,1-4H2. The molecular formula is C7H10O3. The molecule has 56 valence electrons. The van der Waals surface area contributed by atoms with Gasteiger partial charge in [-0.3, -0.25) is 4.79 Å². The number of cyclic esters (lactones) is 1. The molecule has 3 heteroatoms. The molecule has 0 aromatic heterocycles. The summed E-state index contributed by atoms with van der Waals surface area (Å²) in [7, 11) is 0. The van der Waals surface area contributed by atoms with Crippen LogP contribution in [0.4, 0.5) is 0 Å². The molecule has 0 spiro atoms. The van der Waals surface area contributed by atoms with Crippen LogP contribution in [0.25, 0.3) is 0 Å². The van der Waals surface area contributed by atoms with Gasteiger partial charge in [0, 0.05) is 12.3 Å². The molecule has 0 N–H and O–H groups in total. The van der Waals surface area contributed by atoms with Crippen molar-refractivity contribution in [3.05, 3.63) is 0 Å². The number of carbonyl (C=O) groups is 2. The summed E-state index contributed by atoms with van der Waals surface area (Å²) in [6.07, 6.45) is 2.64. The predicted octanol–water partition coefficient (Wildman–Crippen LogP) is 0.529. The Morgan fingerprint density at radius 1 is 1.50 bits per heavy atom. The first-order valence-corrected chi connectivity index (χ1v) is 3.44. The Labute approximate surface area is 59.4 Å². The van der Waals surface area contributed by atoms with Gasteiger partial charge in [0.05, 0.1) is 6.61 Å². The molecule has 0 radical (unpaired) electrons. The van der Waals surface area contributed by atoms with E-state index < -0.39 is 0 Å². The highest BCUT2D eigenvalue weighted by atomic mass is 16.5. The Balaban J connectivity index is 2.40. The Bertz CT molecular complexity index is 142. The van der Waals surface area contributed by atoms with E-state index in [9.17, 15) is 9.59 Å². The summed E-state index contributed by atoms with van der Waals surface area (Å²) in [4.78, 5) is 20.9. The number of esters is 1. The number of hydrogen-bond acceptors (Lipinski definition) is 3. The number of aldehydes is 1. The minimum absolute atomic E-state index is 0.0337. The molecule has 0 bridgehead atoms. The van der Waals surface area contributed by atoms with Crippen LogP contribution in [0.3, 0.4) is 0 Å². The van der Waals surface area contributed by atoms with Gasteiger partial charge in [-0.2, -0.15) is 0 Å². The fraction of sp³-hybridized carbons (Fsp3) is 0.714. The molecule has 0 amide bonds. The number of hydrogen-bond donors (Lipinski definition) is 0. The van der Waals surface area contributed by atoms with Gasteiger partial charge in [-0.25, -0.2) is 0 Å². The highest BCUT2D eigenvalue weighted by molar-refractivity contribution is 5.70. The van der Waals surface area contributed by atoms with Crippen LogP contribution in [0.2, 0.25) is 0 Å². The third-order valence-corrected chi connectivity index (χ3v) is 1.66. The molecule has 1 saturated heterocycles. The summed E-state index contributed by atoms with van der Waals surface area (Å²) in [5.74, 6) is -0.143. The molecule has 10 heavy (non-hydrogen) atoms. The van der Waals surface area contributed by atoms with E-state index >= 15 is 0 Å². The second kappa shape index (κ2) is 3.34. The summed E-state index contributed by atoms with van der Waals surface area (Å²) in [6, 6.07) is 0.